The average Bonchev–Trinajstić information content (AvgIpc) is 3.17. The SMILES string of the molecule is CCCCN(CCCC)S(=O)(=O)c1ccc(C(=O)Nc2sc3c(c2C(N)=O)CCCC3)cc1. The zero-order valence-electron chi connectivity index (χ0n) is 19.4. The van der Waals surface area contributed by atoms with Gasteiger partial charge in [-0.25, -0.2) is 8.42 Å². The van der Waals surface area contributed by atoms with E-state index >= 15 is 0 Å². The molecule has 0 saturated heterocycles. The van der Waals surface area contributed by atoms with Crippen molar-refractivity contribution in [1.29, 1.82) is 0 Å². The summed E-state index contributed by atoms with van der Waals surface area (Å²) in [6.07, 6.45) is 7.16. The number of anilines is 1. The number of fused-ring (bicyclic) bond motifs is 1. The molecule has 0 fully saturated rings. The first-order valence-corrected chi connectivity index (χ1v) is 13.9. The molecule has 3 rings (SSSR count). The van der Waals surface area contributed by atoms with Crippen LogP contribution in [0.15, 0.2) is 29.2 Å². The van der Waals surface area contributed by atoms with E-state index in [1.807, 2.05) is 13.8 Å². The first-order valence-electron chi connectivity index (χ1n) is 11.7. The molecule has 0 atom stereocenters. The van der Waals surface area contributed by atoms with Crippen molar-refractivity contribution in [2.75, 3.05) is 18.4 Å². The van der Waals surface area contributed by atoms with Crippen LogP contribution in [0.5, 0.6) is 0 Å². The molecule has 1 aromatic carbocycles. The van der Waals surface area contributed by atoms with Crippen molar-refractivity contribution in [3.05, 3.63) is 45.8 Å². The molecule has 1 aliphatic carbocycles. The smallest absolute Gasteiger partial charge is 0.256 e. The fourth-order valence-electron chi connectivity index (χ4n) is 4.04. The number of carbonyl (C=O) groups is 2. The highest BCUT2D eigenvalue weighted by Crippen LogP contribution is 2.38. The standard InChI is InChI=1S/C24H33N3O4S2/c1-3-5-15-27(16-6-4-2)33(30,31)18-13-11-17(12-14-18)23(29)26-24-21(22(25)28)19-9-7-8-10-20(19)32-24/h11-14H,3-10,15-16H2,1-2H3,(H2,25,28)(H,26,29). The molecule has 3 N–H and O–H groups in total. The fourth-order valence-corrected chi connectivity index (χ4v) is 6.85. The number of nitrogens with one attached hydrogen (secondary N) is 1. The number of sulfonamides is 1. The molecule has 1 aromatic heterocycles. The Morgan fingerprint density at radius 2 is 1.64 bits per heavy atom. The molecule has 33 heavy (non-hydrogen) atoms. The van der Waals surface area contributed by atoms with Crippen LogP contribution in [0.1, 0.15) is 83.5 Å². The van der Waals surface area contributed by atoms with Crippen LogP contribution in [-0.4, -0.2) is 37.6 Å². The maximum absolute atomic E-state index is 13.1. The Kier molecular flexibility index (Phi) is 8.67. The number of hydrogen-bond acceptors (Lipinski definition) is 5. The van der Waals surface area contributed by atoms with Gasteiger partial charge >= 0.3 is 0 Å². The summed E-state index contributed by atoms with van der Waals surface area (Å²) in [6, 6.07) is 5.97. The van der Waals surface area contributed by atoms with Crippen LogP contribution in [0.4, 0.5) is 5.00 Å². The molecule has 0 spiro atoms. The van der Waals surface area contributed by atoms with Gasteiger partial charge in [-0.2, -0.15) is 4.31 Å². The zero-order valence-corrected chi connectivity index (χ0v) is 21.0. The van der Waals surface area contributed by atoms with Crippen LogP contribution in [0.2, 0.25) is 0 Å². The van der Waals surface area contributed by atoms with Crippen LogP contribution >= 0.6 is 11.3 Å². The number of aryl methyl sites for hydroxylation is 1. The molecule has 0 aliphatic heterocycles. The molecule has 7 nitrogen and oxygen atoms in total. The van der Waals surface area contributed by atoms with Crippen LogP contribution in [0.3, 0.4) is 0 Å². The predicted molar refractivity (Wildman–Crippen MR) is 132 cm³/mol. The Hall–Kier alpha value is -2.23. The van der Waals surface area contributed by atoms with E-state index in [9.17, 15) is 18.0 Å². The number of nitrogens with zero attached hydrogens (tertiary/aromatic N) is 1. The van der Waals surface area contributed by atoms with Gasteiger partial charge in [-0.3, -0.25) is 9.59 Å². The fraction of sp³-hybridized carbons (Fsp3) is 0.500. The minimum absolute atomic E-state index is 0.177. The third kappa shape index (κ3) is 5.83. The third-order valence-electron chi connectivity index (χ3n) is 5.92. The second kappa shape index (κ2) is 11.3. The third-order valence-corrected chi connectivity index (χ3v) is 9.04. The number of nitrogens with two attached hydrogens (primary N) is 1. The van der Waals surface area contributed by atoms with Gasteiger partial charge in [0, 0.05) is 23.5 Å². The lowest BCUT2D eigenvalue weighted by Crippen LogP contribution is -2.33. The lowest BCUT2D eigenvalue weighted by atomic mass is 9.95. The van der Waals surface area contributed by atoms with E-state index < -0.39 is 21.8 Å². The Balaban J connectivity index is 1.79. The number of rotatable bonds is 11. The van der Waals surface area contributed by atoms with E-state index in [0.29, 0.717) is 29.2 Å². The van der Waals surface area contributed by atoms with E-state index in [2.05, 4.69) is 5.32 Å². The van der Waals surface area contributed by atoms with Gasteiger partial charge in [-0.05, 0) is 68.4 Å². The van der Waals surface area contributed by atoms with Crippen LogP contribution in [0, 0.1) is 0 Å². The van der Waals surface area contributed by atoms with Crippen LogP contribution in [-0.2, 0) is 22.9 Å². The summed E-state index contributed by atoms with van der Waals surface area (Å²) < 4.78 is 27.8. The minimum Gasteiger partial charge on any atom is -0.365 e. The van der Waals surface area contributed by atoms with Gasteiger partial charge in [-0.1, -0.05) is 26.7 Å². The largest absolute Gasteiger partial charge is 0.365 e. The molecule has 1 aliphatic rings. The van der Waals surface area contributed by atoms with Gasteiger partial charge in [0.25, 0.3) is 11.8 Å². The second-order valence-corrected chi connectivity index (χ2v) is 11.4. The molecule has 180 valence electrons. The highest BCUT2D eigenvalue weighted by Gasteiger charge is 2.26. The number of amides is 2. The number of benzene rings is 1. The summed E-state index contributed by atoms with van der Waals surface area (Å²) >= 11 is 1.40. The summed E-state index contributed by atoms with van der Waals surface area (Å²) in [7, 11) is -3.62. The average molecular weight is 492 g/mol. The second-order valence-electron chi connectivity index (χ2n) is 8.37. The highest BCUT2D eigenvalue weighted by atomic mass is 32.2. The van der Waals surface area contributed by atoms with Crippen molar-refractivity contribution >= 4 is 38.2 Å². The summed E-state index contributed by atoms with van der Waals surface area (Å²) in [6.45, 7) is 5.04. The molecule has 9 heteroatoms. The molecular weight excluding hydrogens is 458 g/mol. The van der Waals surface area contributed by atoms with Crippen molar-refractivity contribution < 1.29 is 18.0 Å². The van der Waals surface area contributed by atoms with Gasteiger partial charge in [0.1, 0.15) is 5.00 Å². The zero-order chi connectivity index (χ0) is 24.0. The Bertz CT molecular complexity index is 1080. The Labute approximate surface area is 200 Å². The van der Waals surface area contributed by atoms with Gasteiger partial charge in [0.05, 0.1) is 10.5 Å². The molecule has 0 radical (unpaired) electrons. The van der Waals surface area contributed by atoms with Gasteiger partial charge in [0.2, 0.25) is 10.0 Å². The van der Waals surface area contributed by atoms with Crippen molar-refractivity contribution in [2.24, 2.45) is 5.73 Å². The topological polar surface area (TPSA) is 110 Å². The van der Waals surface area contributed by atoms with Crippen LogP contribution < -0.4 is 11.1 Å². The summed E-state index contributed by atoms with van der Waals surface area (Å²) in [5, 5.41) is 3.29. The van der Waals surface area contributed by atoms with E-state index in [4.69, 9.17) is 5.73 Å². The number of thiophene rings is 1. The van der Waals surface area contributed by atoms with E-state index in [-0.39, 0.29) is 4.90 Å². The van der Waals surface area contributed by atoms with Crippen molar-refractivity contribution in [1.82, 2.24) is 4.31 Å². The van der Waals surface area contributed by atoms with Crippen molar-refractivity contribution in [3.8, 4) is 0 Å². The normalized spacial score (nSPS) is 13.7. The van der Waals surface area contributed by atoms with E-state index in [0.717, 1.165) is 61.8 Å². The van der Waals surface area contributed by atoms with Crippen LogP contribution in [0.25, 0.3) is 0 Å². The number of carbonyl (C=O) groups excluding carboxylic acids is 2. The Morgan fingerprint density at radius 3 is 2.21 bits per heavy atom. The highest BCUT2D eigenvalue weighted by molar-refractivity contribution is 7.89. The number of unbranched alkanes of at least 4 members (excludes halogenated alkanes) is 2. The van der Waals surface area contributed by atoms with Crippen molar-refractivity contribution in [2.45, 2.75) is 70.1 Å². The quantitative estimate of drug-likeness (QED) is 0.480. The molecule has 1 heterocycles. The summed E-state index contributed by atoms with van der Waals surface area (Å²) in [5.41, 5.74) is 7.29. The molecule has 0 unspecified atom stereocenters. The predicted octanol–water partition coefficient (Wildman–Crippen LogP) is 4.57. The molecule has 2 amide bonds. The van der Waals surface area contributed by atoms with Gasteiger partial charge < -0.3 is 11.1 Å². The Morgan fingerprint density at radius 1 is 1.03 bits per heavy atom. The monoisotopic (exact) mass is 491 g/mol. The number of hydrogen-bond donors (Lipinski definition) is 2. The summed E-state index contributed by atoms with van der Waals surface area (Å²) in [4.78, 5) is 26.2. The minimum atomic E-state index is -3.62. The molecule has 2 aromatic rings. The van der Waals surface area contributed by atoms with Crippen molar-refractivity contribution in [3.63, 3.8) is 0 Å². The summed E-state index contributed by atoms with van der Waals surface area (Å²) in [5.74, 6) is -0.931. The van der Waals surface area contributed by atoms with Gasteiger partial charge in [-0.15, -0.1) is 11.3 Å². The maximum Gasteiger partial charge on any atom is 0.256 e. The molecule has 0 saturated carbocycles. The molecule has 0 bridgehead atoms. The maximum atomic E-state index is 13.1. The van der Waals surface area contributed by atoms with E-state index in [1.54, 1.807) is 0 Å². The first kappa shape index (κ1) is 25.4. The molecular formula is C24H33N3O4S2. The van der Waals surface area contributed by atoms with Gasteiger partial charge in [0.15, 0.2) is 0 Å². The first-order chi connectivity index (χ1) is 15.8. The number of primary amides is 1. The lowest BCUT2D eigenvalue weighted by molar-refractivity contribution is 0.100. The van der Waals surface area contributed by atoms with E-state index in [1.165, 1.54) is 39.9 Å². The lowest BCUT2D eigenvalue weighted by Gasteiger charge is -2.22.